The van der Waals surface area contributed by atoms with Gasteiger partial charge in [0.15, 0.2) is 0 Å². The molecule has 1 unspecified atom stereocenters. The highest BCUT2D eigenvalue weighted by atomic mass is 35.5. The molecule has 1 N–H and O–H groups in total. The van der Waals surface area contributed by atoms with Gasteiger partial charge in [0.25, 0.3) is 5.89 Å². The van der Waals surface area contributed by atoms with E-state index in [0.29, 0.717) is 17.5 Å². The molecule has 1 atom stereocenters. The van der Waals surface area contributed by atoms with Crippen LogP contribution in [-0.4, -0.2) is 20.4 Å². The van der Waals surface area contributed by atoms with E-state index in [2.05, 4.69) is 20.4 Å². The molecule has 0 aliphatic heterocycles. The molecule has 2 aromatic rings. The molecule has 0 radical (unpaired) electrons. The van der Waals surface area contributed by atoms with Gasteiger partial charge in [-0.15, -0.1) is 21.8 Å². The van der Waals surface area contributed by atoms with Crippen molar-refractivity contribution < 1.29 is 4.42 Å². The number of H-pyrrole nitrogens is 1. The van der Waals surface area contributed by atoms with Crippen molar-refractivity contribution in [2.75, 3.05) is 0 Å². The molecule has 0 aromatic carbocycles. The van der Waals surface area contributed by atoms with Gasteiger partial charge in [-0.1, -0.05) is 0 Å². The molecule has 0 amide bonds. The second-order valence-electron chi connectivity index (χ2n) is 2.53. The summed E-state index contributed by atoms with van der Waals surface area (Å²) in [6, 6.07) is 1.75. The van der Waals surface area contributed by atoms with Crippen LogP contribution in [-0.2, 0) is 0 Å². The third kappa shape index (κ3) is 1.55. The minimum Gasteiger partial charge on any atom is -0.418 e. The second-order valence-corrected chi connectivity index (χ2v) is 3.19. The maximum Gasteiger partial charge on any atom is 0.265 e. The van der Waals surface area contributed by atoms with Crippen LogP contribution in [0.1, 0.15) is 18.2 Å². The summed E-state index contributed by atoms with van der Waals surface area (Å²) in [4.78, 5) is 0. The standard InChI is InChI=1S/C7H7ClN4O/c1-4(8)6-11-12-7(13-6)5-2-3-9-10-5/h2-4H,1H3,(H,9,10). The van der Waals surface area contributed by atoms with E-state index in [1.807, 2.05) is 0 Å². The Bertz CT molecular complexity index is 381. The fourth-order valence-corrected chi connectivity index (χ4v) is 0.967. The Kier molecular flexibility index (Phi) is 2.02. The van der Waals surface area contributed by atoms with E-state index >= 15 is 0 Å². The van der Waals surface area contributed by atoms with Crippen molar-refractivity contribution in [1.29, 1.82) is 0 Å². The lowest BCUT2D eigenvalue weighted by atomic mass is 10.4. The zero-order valence-corrected chi connectivity index (χ0v) is 7.62. The van der Waals surface area contributed by atoms with Crippen molar-refractivity contribution in [3.63, 3.8) is 0 Å². The molecule has 0 saturated heterocycles. The Morgan fingerprint density at radius 1 is 1.54 bits per heavy atom. The molecule has 0 fully saturated rings. The van der Waals surface area contributed by atoms with E-state index in [-0.39, 0.29) is 5.38 Å². The summed E-state index contributed by atoms with van der Waals surface area (Å²) in [6.07, 6.45) is 1.61. The number of nitrogens with one attached hydrogen (secondary N) is 1. The fourth-order valence-electron chi connectivity index (χ4n) is 0.879. The molecule has 0 bridgehead atoms. The Morgan fingerprint density at radius 3 is 2.92 bits per heavy atom. The van der Waals surface area contributed by atoms with Gasteiger partial charge in [-0.05, 0) is 13.0 Å². The Balaban J connectivity index is 2.33. The summed E-state index contributed by atoms with van der Waals surface area (Å²) in [5, 5.41) is 13.8. The van der Waals surface area contributed by atoms with Crippen LogP contribution in [0.2, 0.25) is 0 Å². The number of aromatic nitrogens is 4. The highest BCUT2D eigenvalue weighted by Crippen LogP contribution is 2.21. The lowest BCUT2D eigenvalue weighted by Gasteiger charge is -1.91. The van der Waals surface area contributed by atoms with Gasteiger partial charge < -0.3 is 4.42 Å². The number of halogens is 1. The summed E-state index contributed by atoms with van der Waals surface area (Å²) in [6.45, 7) is 1.77. The van der Waals surface area contributed by atoms with Gasteiger partial charge >= 0.3 is 0 Å². The number of hydrogen-bond acceptors (Lipinski definition) is 4. The quantitative estimate of drug-likeness (QED) is 0.747. The van der Waals surface area contributed by atoms with Crippen LogP contribution in [0.5, 0.6) is 0 Å². The monoisotopic (exact) mass is 198 g/mol. The predicted octanol–water partition coefficient (Wildman–Crippen LogP) is 1.76. The van der Waals surface area contributed by atoms with Gasteiger partial charge in [-0.2, -0.15) is 5.10 Å². The van der Waals surface area contributed by atoms with Crippen molar-refractivity contribution in [2.45, 2.75) is 12.3 Å². The lowest BCUT2D eigenvalue weighted by Crippen LogP contribution is -1.81. The van der Waals surface area contributed by atoms with Gasteiger partial charge in [0.1, 0.15) is 11.1 Å². The molecule has 68 valence electrons. The van der Waals surface area contributed by atoms with Crippen molar-refractivity contribution >= 4 is 11.6 Å². The van der Waals surface area contributed by atoms with Crippen molar-refractivity contribution in [3.8, 4) is 11.6 Å². The maximum atomic E-state index is 5.76. The number of alkyl halides is 1. The van der Waals surface area contributed by atoms with Gasteiger partial charge in [0.2, 0.25) is 5.89 Å². The smallest absolute Gasteiger partial charge is 0.265 e. The molecule has 0 aliphatic carbocycles. The lowest BCUT2D eigenvalue weighted by molar-refractivity contribution is 0.505. The van der Waals surface area contributed by atoms with Crippen LogP contribution >= 0.6 is 11.6 Å². The van der Waals surface area contributed by atoms with E-state index in [4.69, 9.17) is 16.0 Å². The van der Waals surface area contributed by atoms with Crippen LogP contribution in [0.25, 0.3) is 11.6 Å². The largest absolute Gasteiger partial charge is 0.418 e. The summed E-state index contributed by atoms with van der Waals surface area (Å²) in [7, 11) is 0. The van der Waals surface area contributed by atoms with Gasteiger partial charge in [-0.25, -0.2) is 0 Å². The molecule has 0 saturated carbocycles. The summed E-state index contributed by atoms with van der Waals surface area (Å²) < 4.78 is 5.26. The van der Waals surface area contributed by atoms with Gasteiger partial charge in [-0.3, -0.25) is 5.10 Å². The number of aromatic amines is 1. The topological polar surface area (TPSA) is 67.6 Å². The summed E-state index contributed by atoms with van der Waals surface area (Å²) in [5.41, 5.74) is 0.691. The first-order chi connectivity index (χ1) is 6.27. The van der Waals surface area contributed by atoms with Crippen molar-refractivity contribution in [3.05, 3.63) is 18.2 Å². The molecule has 2 aromatic heterocycles. The van der Waals surface area contributed by atoms with E-state index in [0.717, 1.165) is 0 Å². The Morgan fingerprint density at radius 2 is 2.38 bits per heavy atom. The first-order valence-electron chi connectivity index (χ1n) is 3.74. The normalized spacial score (nSPS) is 13.1. The minimum absolute atomic E-state index is 0.274. The predicted molar refractivity (Wildman–Crippen MR) is 46.1 cm³/mol. The summed E-state index contributed by atoms with van der Waals surface area (Å²) in [5.74, 6) is 0.811. The first-order valence-corrected chi connectivity index (χ1v) is 4.18. The molecule has 2 heterocycles. The molecule has 13 heavy (non-hydrogen) atoms. The minimum atomic E-state index is -0.274. The Hall–Kier alpha value is -1.36. The molecular formula is C7H7ClN4O. The molecular weight excluding hydrogens is 192 g/mol. The second kappa shape index (κ2) is 3.18. The number of nitrogens with zero attached hydrogens (tertiary/aromatic N) is 3. The third-order valence-corrected chi connectivity index (χ3v) is 1.70. The molecule has 0 aliphatic rings. The van der Waals surface area contributed by atoms with Crippen LogP contribution in [0.4, 0.5) is 0 Å². The van der Waals surface area contributed by atoms with Gasteiger partial charge in [0, 0.05) is 6.20 Å². The third-order valence-electron chi connectivity index (χ3n) is 1.51. The first kappa shape index (κ1) is 8.25. The number of rotatable bonds is 2. The van der Waals surface area contributed by atoms with Crippen molar-refractivity contribution in [2.24, 2.45) is 0 Å². The number of hydrogen-bond donors (Lipinski definition) is 1. The van der Waals surface area contributed by atoms with Crippen LogP contribution < -0.4 is 0 Å². The van der Waals surface area contributed by atoms with E-state index in [1.165, 1.54) is 0 Å². The zero-order chi connectivity index (χ0) is 9.26. The SMILES string of the molecule is CC(Cl)c1nnc(-c2ccn[nH]2)o1. The zero-order valence-electron chi connectivity index (χ0n) is 6.86. The van der Waals surface area contributed by atoms with Crippen LogP contribution in [0, 0.1) is 0 Å². The molecule has 5 nitrogen and oxygen atoms in total. The highest BCUT2D eigenvalue weighted by Gasteiger charge is 2.12. The fraction of sp³-hybridized carbons (Fsp3) is 0.286. The van der Waals surface area contributed by atoms with Gasteiger partial charge in [0.05, 0.1) is 0 Å². The van der Waals surface area contributed by atoms with E-state index < -0.39 is 0 Å². The van der Waals surface area contributed by atoms with E-state index in [1.54, 1.807) is 19.2 Å². The summed E-state index contributed by atoms with van der Waals surface area (Å²) >= 11 is 5.76. The maximum absolute atomic E-state index is 5.76. The van der Waals surface area contributed by atoms with Crippen LogP contribution in [0.15, 0.2) is 16.7 Å². The molecule has 6 heteroatoms. The van der Waals surface area contributed by atoms with E-state index in [9.17, 15) is 0 Å². The molecule has 0 spiro atoms. The van der Waals surface area contributed by atoms with Crippen LogP contribution in [0.3, 0.4) is 0 Å². The highest BCUT2D eigenvalue weighted by molar-refractivity contribution is 6.20. The Labute approximate surface area is 79.1 Å². The van der Waals surface area contributed by atoms with Crippen molar-refractivity contribution in [1.82, 2.24) is 20.4 Å². The molecule has 2 rings (SSSR count). The average molecular weight is 199 g/mol. The average Bonchev–Trinajstić information content (AvgIpc) is 2.75.